The van der Waals surface area contributed by atoms with Gasteiger partial charge < -0.3 is 10.1 Å². The maximum absolute atomic E-state index is 11.5. The molecule has 0 aliphatic rings. The van der Waals surface area contributed by atoms with Crippen molar-refractivity contribution in [2.45, 2.75) is 6.92 Å². The first-order valence-electron chi connectivity index (χ1n) is 5.64. The molecule has 3 aromatic rings. The summed E-state index contributed by atoms with van der Waals surface area (Å²) in [7, 11) is 0. The number of rotatable bonds is 1. The molecule has 0 spiro atoms. The van der Waals surface area contributed by atoms with Crippen molar-refractivity contribution in [2.24, 2.45) is 0 Å². The minimum Gasteiger partial charge on any atom is -0.493 e. The number of aromatic hydroxyl groups is 1. The van der Waals surface area contributed by atoms with Crippen molar-refractivity contribution < 1.29 is 5.11 Å². The summed E-state index contributed by atoms with van der Waals surface area (Å²) < 4.78 is 2.30. The summed E-state index contributed by atoms with van der Waals surface area (Å²) in [6.45, 7) is 1.84. The monoisotopic (exact) mass is 319 g/mol. The van der Waals surface area contributed by atoms with Crippen molar-refractivity contribution in [1.29, 1.82) is 0 Å². The Morgan fingerprint density at radius 1 is 1.32 bits per heavy atom. The van der Waals surface area contributed by atoms with Crippen LogP contribution in [-0.2, 0) is 0 Å². The molecule has 1 aromatic carbocycles. The molecule has 2 aromatic heterocycles. The zero-order valence-electron chi connectivity index (χ0n) is 10.0. The van der Waals surface area contributed by atoms with E-state index in [2.05, 4.69) is 26.0 Å². The van der Waals surface area contributed by atoms with Crippen LogP contribution in [0.2, 0.25) is 0 Å². The molecule has 0 unspecified atom stereocenters. The molecular weight excluding hydrogens is 310 g/mol. The Morgan fingerprint density at radius 2 is 2.00 bits per heavy atom. The lowest BCUT2D eigenvalue weighted by atomic mass is 10.1. The SMILES string of the molecule is Cc1nn2c(O)cc(=O)[nH]c2c1-c1ccc(Br)cc1. The summed E-state index contributed by atoms with van der Waals surface area (Å²) in [4.78, 5) is 14.2. The van der Waals surface area contributed by atoms with E-state index in [-0.39, 0.29) is 11.4 Å². The first-order valence-corrected chi connectivity index (χ1v) is 6.43. The van der Waals surface area contributed by atoms with Crippen LogP contribution in [0, 0.1) is 6.92 Å². The predicted molar refractivity (Wildman–Crippen MR) is 75.4 cm³/mol. The maximum Gasteiger partial charge on any atom is 0.254 e. The van der Waals surface area contributed by atoms with E-state index in [1.165, 1.54) is 4.52 Å². The van der Waals surface area contributed by atoms with Gasteiger partial charge in [0.2, 0.25) is 5.88 Å². The van der Waals surface area contributed by atoms with Crippen LogP contribution in [-0.4, -0.2) is 19.7 Å². The Bertz CT molecular complexity index is 818. The molecule has 0 aliphatic heterocycles. The lowest BCUT2D eigenvalue weighted by Crippen LogP contribution is -2.07. The largest absolute Gasteiger partial charge is 0.493 e. The summed E-state index contributed by atoms with van der Waals surface area (Å²) >= 11 is 3.38. The van der Waals surface area contributed by atoms with Crippen LogP contribution in [0.4, 0.5) is 0 Å². The highest BCUT2D eigenvalue weighted by Gasteiger charge is 2.14. The molecule has 96 valence electrons. The van der Waals surface area contributed by atoms with E-state index in [0.717, 1.165) is 27.4 Å². The number of fused-ring (bicyclic) bond motifs is 1. The van der Waals surface area contributed by atoms with Gasteiger partial charge in [-0.3, -0.25) is 4.79 Å². The number of hydrogen-bond acceptors (Lipinski definition) is 3. The van der Waals surface area contributed by atoms with Crippen LogP contribution in [0.25, 0.3) is 16.8 Å². The van der Waals surface area contributed by atoms with Crippen molar-refractivity contribution in [1.82, 2.24) is 14.6 Å². The first-order chi connectivity index (χ1) is 9.06. The van der Waals surface area contributed by atoms with Gasteiger partial charge in [0.25, 0.3) is 5.56 Å². The summed E-state index contributed by atoms with van der Waals surface area (Å²) in [5.74, 6) is -0.176. The number of aromatic amines is 1. The Kier molecular flexibility index (Phi) is 2.67. The maximum atomic E-state index is 11.5. The van der Waals surface area contributed by atoms with Gasteiger partial charge in [0, 0.05) is 10.0 Å². The van der Waals surface area contributed by atoms with Gasteiger partial charge in [-0.15, -0.1) is 0 Å². The van der Waals surface area contributed by atoms with E-state index in [0.29, 0.717) is 5.65 Å². The molecule has 0 aliphatic carbocycles. The number of nitrogens with zero attached hydrogens (tertiary/aromatic N) is 2. The van der Waals surface area contributed by atoms with E-state index >= 15 is 0 Å². The third kappa shape index (κ3) is 1.94. The van der Waals surface area contributed by atoms with Crippen molar-refractivity contribution in [3.8, 4) is 17.0 Å². The average Bonchev–Trinajstić information content (AvgIpc) is 2.67. The summed E-state index contributed by atoms with van der Waals surface area (Å²) in [5, 5.41) is 14.0. The lowest BCUT2D eigenvalue weighted by molar-refractivity contribution is 0.434. The molecule has 0 saturated carbocycles. The van der Waals surface area contributed by atoms with Crippen LogP contribution in [0.5, 0.6) is 5.88 Å². The molecule has 2 N–H and O–H groups in total. The van der Waals surface area contributed by atoms with Crippen LogP contribution in [0.1, 0.15) is 5.69 Å². The van der Waals surface area contributed by atoms with Crippen LogP contribution in [0.15, 0.2) is 39.6 Å². The standard InChI is InChI=1S/C13H10BrN3O2/c1-7-12(8-2-4-9(14)5-3-8)13-15-10(18)6-11(19)17(13)16-7/h2-6,19H,1H3,(H,15,18). The van der Waals surface area contributed by atoms with Gasteiger partial charge in [0.15, 0.2) is 0 Å². The molecule has 5 nitrogen and oxygen atoms in total. The normalized spacial score (nSPS) is 11.1. The van der Waals surface area contributed by atoms with Gasteiger partial charge >= 0.3 is 0 Å². The number of halogens is 1. The summed E-state index contributed by atoms with van der Waals surface area (Å²) in [5.41, 5.74) is 2.60. The Balaban J connectivity index is 2.37. The fourth-order valence-corrected chi connectivity index (χ4v) is 2.37. The van der Waals surface area contributed by atoms with Crippen molar-refractivity contribution in [3.05, 3.63) is 50.9 Å². The average molecular weight is 320 g/mol. The molecule has 0 saturated heterocycles. The number of hydrogen-bond donors (Lipinski definition) is 2. The zero-order valence-corrected chi connectivity index (χ0v) is 11.6. The minimum absolute atomic E-state index is 0.176. The number of aryl methyl sites for hydroxylation is 1. The molecule has 0 radical (unpaired) electrons. The van der Waals surface area contributed by atoms with Crippen molar-refractivity contribution in [2.75, 3.05) is 0 Å². The van der Waals surface area contributed by atoms with Gasteiger partial charge in [-0.05, 0) is 24.6 Å². The van der Waals surface area contributed by atoms with E-state index in [4.69, 9.17) is 0 Å². The van der Waals surface area contributed by atoms with Crippen molar-refractivity contribution >= 4 is 21.6 Å². The van der Waals surface area contributed by atoms with Gasteiger partial charge in [-0.2, -0.15) is 9.61 Å². The van der Waals surface area contributed by atoms with E-state index in [1.54, 1.807) is 0 Å². The first kappa shape index (κ1) is 12.0. The third-order valence-electron chi connectivity index (χ3n) is 2.91. The summed E-state index contributed by atoms with van der Waals surface area (Å²) in [6.07, 6.45) is 0. The molecular formula is C13H10BrN3O2. The van der Waals surface area contributed by atoms with Crippen molar-refractivity contribution in [3.63, 3.8) is 0 Å². The molecule has 19 heavy (non-hydrogen) atoms. The quantitative estimate of drug-likeness (QED) is 0.723. The van der Waals surface area contributed by atoms with Gasteiger partial charge in [0.1, 0.15) is 5.65 Å². The molecule has 0 amide bonds. The smallest absolute Gasteiger partial charge is 0.254 e. The van der Waals surface area contributed by atoms with Crippen LogP contribution >= 0.6 is 15.9 Å². The van der Waals surface area contributed by atoms with Gasteiger partial charge in [-0.1, -0.05) is 28.1 Å². The molecule has 0 fully saturated rings. The van der Waals surface area contributed by atoms with E-state index in [9.17, 15) is 9.90 Å². The zero-order chi connectivity index (χ0) is 13.6. The number of aromatic nitrogens is 3. The highest BCUT2D eigenvalue weighted by Crippen LogP contribution is 2.28. The Hall–Kier alpha value is -2.08. The molecule has 0 atom stereocenters. The Labute approximate surface area is 116 Å². The van der Waals surface area contributed by atoms with E-state index < -0.39 is 0 Å². The topological polar surface area (TPSA) is 70.4 Å². The Morgan fingerprint density at radius 3 is 2.68 bits per heavy atom. The minimum atomic E-state index is -0.358. The predicted octanol–water partition coefficient (Wildman–Crippen LogP) is 2.47. The highest BCUT2D eigenvalue weighted by atomic mass is 79.9. The summed E-state index contributed by atoms with van der Waals surface area (Å²) in [6, 6.07) is 8.79. The number of H-pyrrole nitrogens is 1. The molecule has 3 rings (SSSR count). The molecule has 6 heteroatoms. The van der Waals surface area contributed by atoms with Crippen LogP contribution < -0.4 is 5.56 Å². The number of nitrogens with one attached hydrogen (secondary N) is 1. The molecule has 0 bridgehead atoms. The second-order valence-electron chi connectivity index (χ2n) is 4.22. The second kappa shape index (κ2) is 4.24. The highest BCUT2D eigenvalue weighted by molar-refractivity contribution is 9.10. The van der Waals surface area contributed by atoms with Crippen LogP contribution in [0.3, 0.4) is 0 Å². The fraction of sp³-hybridized carbons (Fsp3) is 0.0769. The van der Waals surface area contributed by atoms with E-state index in [1.807, 2.05) is 31.2 Å². The number of benzene rings is 1. The van der Waals surface area contributed by atoms with Gasteiger partial charge in [-0.25, -0.2) is 0 Å². The third-order valence-corrected chi connectivity index (χ3v) is 3.44. The fourth-order valence-electron chi connectivity index (χ4n) is 2.10. The lowest BCUT2D eigenvalue weighted by Gasteiger charge is -2.01. The molecule has 2 heterocycles. The second-order valence-corrected chi connectivity index (χ2v) is 5.14. The van der Waals surface area contributed by atoms with Gasteiger partial charge in [0.05, 0.1) is 11.8 Å².